The van der Waals surface area contributed by atoms with Crippen molar-refractivity contribution in [2.75, 3.05) is 18.0 Å². The molecule has 0 unspecified atom stereocenters. The molecule has 4 rings (SSSR count). The smallest absolute Gasteiger partial charge is 0.280 e. The van der Waals surface area contributed by atoms with Crippen molar-refractivity contribution in [2.45, 2.75) is 45.7 Å². The Morgan fingerprint density at radius 2 is 2.15 bits per heavy atom. The highest BCUT2D eigenvalue weighted by Gasteiger charge is 2.30. The van der Waals surface area contributed by atoms with Crippen LogP contribution in [0.25, 0.3) is 0 Å². The fourth-order valence-electron chi connectivity index (χ4n) is 3.88. The van der Waals surface area contributed by atoms with Gasteiger partial charge in [0.1, 0.15) is 5.69 Å². The van der Waals surface area contributed by atoms with E-state index < -0.39 is 6.43 Å². The number of pyridine rings is 1. The molecule has 0 saturated carbocycles. The van der Waals surface area contributed by atoms with Crippen molar-refractivity contribution in [2.24, 2.45) is 0 Å². The average Bonchev–Trinajstić information content (AvgIpc) is 3.04. The van der Waals surface area contributed by atoms with E-state index in [1.165, 1.54) is 6.07 Å². The Hall–Kier alpha value is -2.51. The van der Waals surface area contributed by atoms with Crippen LogP contribution in [0.2, 0.25) is 0 Å². The van der Waals surface area contributed by atoms with Crippen LogP contribution in [0.15, 0.2) is 12.3 Å². The summed E-state index contributed by atoms with van der Waals surface area (Å²) >= 11 is 0. The minimum atomic E-state index is -2.60. The van der Waals surface area contributed by atoms with Crippen LogP contribution in [0.4, 0.5) is 20.3 Å². The van der Waals surface area contributed by atoms with E-state index in [0.29, 0.717) is 19.6 Å². The Bertz CT molecular complexity index is 835. The van der Waals surface area contributed by atoms with Crippen LogP contribution in [-0.2, 0) is 30.7 Å². The van der Waals surface area contributed by atoms with Crippen LogP contribution in [0.1, 0.15) is 42.3 Å². The third kappa shape index (κ3) is 2.73. The van der Waals surface area contributed by atoms with E-state index in [9.17, 15) is 13.6 Å². The van der Waals surface area contributed by atoms with Gasteiger partial charge in [0, 0.05) is 49.2 Å². The first kappa shape index (κ1) is 16.9. The maximum Gasteiger partial charge on any atom is 0.280 e. The fourth-order valence-corrected chi connectivity index (χ4v) is 3.88. The zero-order valence-corrected chi connectivity index (χ0v) is 14.7. The summed E-state index contributed by atoms with van der Waals surface area (Å²) in [6.07, 6.45) is 2.31. The maximum absolute atomic E-state index is 13.1. The van der Waals surface area contributed by atoms with E-state index in [4.69, 9.17) is 5.10 Å². The molecular weight excluding hydrogens is 340 g/mol. The molecule has 26 heavy (non-hydrogen) atoms. The highest BCUT2D eigenvalue weighted by molar-refractivity contribution is 5.69. The number of aromatic nitrogens is 3. The first-order chi connectivity index (χ1) is 12.6. The molecule has 2 aliphatic rings. The lowest BCUT2D eigenvalue weighted by Gasteiger charge is -2.32. The molecule has 8 heteroatoms. The first-order valence-electron chi connectivity index (χ1n) is 8.94. The van der Waals surface area contributed by atoms with Gasteiger partial charge in [0.15, 0.2) is 5.82 Å². The van der Waals surface area contributed by atoms with Crippen LogP contribution in [0, 0.1) is 0 Å². The summed E-state index contributed by atoms with van der Waals surface area (Å²) in [6.45, 7) is 4.67. The number of amides is 1. The molecule has 0 saturated heterocycles. The van der Waals surface area contributed by atoms with Crippen molar-refractivity contribution < 1.29 is 13.6 Å². The Kier molecular flexibility index (Phi) is 4.34. The quantitative estimate of drug-likeness (QED) is 0.786. The first-order valence-corrected chi connectivity index (χ1v) is 8.94. The second-order valence-corrected chi connectivity index (χ2v) is 6.68. The van der Waals surface area contributed by atoms with Gasteiger partial charge in [-0.15, -0.1) is 0 Å². The van der Waals surface area contributed by atoms with Crippen molar-refractivity contribution in [3.63, 3.8) is 0 Å². The third-order valence-electron chi connectivity index (χ3n) is 5.17. The second kappa shape index (κ2) is 6.66. The SMILES string of the molecule is CCn1nc(N2CCCc3cnc(C(F)F)cc32)c2c1CCN(C=O)C2. The van der Waals surface area contributed by atoms with E-state index >= 15 is 0 Å². The minimum Gasteiger partial charge on any atom is -0.340 e. The van der Waals surface area contributed by atoms with Gasteiger partial charge in [-0.25, -0.2) is 8.78 Å². The van der Waals surface area contributed by atoms with Crippen LogP contribution in [0.3, 0.4) is 0 Å². The van der Waals surface area contributed by atoms with E-state index in [2.05, 4.69) is 4.98 Å². The Morgan fingerprint density at radius 1 is 1.31 bits per heavy atom. The summed E-state index contributed by atoms with van der Waals surface area (Å²) in [5.41, 5.74) is 3.66. The molecule has 2 aromatic rings. The monoisotopic (exact) mass is 361 g/mol. The highest BCUT2D eigenvalue weighted by Crippen LogP contribution is 2.38. The lowest BCUT2D eigenvalue weighted by atomic mass is 10.0. The lowest BCUT2D eigenvalue weighted by Crippen LogP contribution is -2.31. The summed E-state index contributed by atoms with van der Waals surface area (Å²) in [6, 6.07) is 1.48. The molecule has 138 valence electrons. The number of rotatable bonds is 4. The lowest BCUT2D eigenvalue weighted by molar-refractivity contribution is -0.118. The number of halogens is 2. The molecule has 2 aliphatic heterocycles. The number of hydrogen-bond acceptors (Lipinski definition) is 4. The summed E-state index contributed by atoms with van der Waals surface area (Å²) in [4.78, 5) is 18.9. The van der Waals surface area contributed by atoms with Crippen molar-refractivity contribution in [3.05, 3.63) is 34.8 Å². The molecule has 6 nitrogen and oxygen atoms in total. The molecule has 4 heterocycles. The van der Waals surface area contributed by atoms with Crippen molar-refractivity contribution in [1.82, 2.24) is 19.7 Å². The summed E-state index contributed by atoms with van der Waals surface area (Å²) in [5, 5.41) is 4.77. The third-order valence-corrected chi connectivity index (χ3v) is 5.17. The Balaban J connectivity index is 1.81. The Morgan fingerprint density at radius 3 is 2.88 bits per heavy atom. The number of nitrogens with zero attached hydrogens (tertiary/aromatic N) is 5. The fraction of sp³-hybridized carbons (Fsp3) is 0.500. The van der Waals surface area contributed by atoms with E-state index in [1.54, 1.807) is 11.1 Å². The standard InChI is InChI=1S/C18H21F2N5O/c1-2-25-15-5-7-23(11-26)10-13(15)18(22-25)24-6-3-4-12-9-21-14(17(19)20)8-16(12)24/h8-9,11,17H,2-7,10H2,1H3. The summed E-state index contributed by atoms with van der Waals surface area (Å²) in [7, 11) is 0. The summed E-state index contributed by atoms with van der Waals surface area (Å²) in [5.74, 6) is 0.778. The van der Waals surface area contributed by atoms with E-state index in [1.807, 2.05) is 16.5 Å². The van der Waals surface area contributed by atoms with Gasteiger partial charge < -0.3 is 9.80 Å². The molecular formula is C18H21F2N5O. The number of anilines is 2. The van der Waals surface area contributed by atoms with Crippen LogP contribution < -0.4 is 4.90 Å². The predicted octanol–water partition coefficient (Wildman–Crippen LogP) is 2.83. The number of fused-ring (bicyclic) bond motifs is 2. The van der Waals surface area contributed by atoms with Gasteiger partial charge in [-0.05, 0) is 31.4 Å². The predicted molar refractivity (Wildman–Crippen MR) is 92.6 cm³/mol. The topological polar surface area (TPSA) is 54.3 Å². The molecule has 0 aliphatic carbocycles. The van der Waals surface area contributed by atoms with Gasteiger partial charge in [0.05, 0.1) is 6.54 Å². The second-order valence-electron chi connectivity index (χ2n) is 6.68. The van der Waals surface area contributed by atoms with Crippen LogP contribution in [0.5, 0.6) is 0 Å². The van der Waals surface area contributed by atoms with Crippen LogP contribution in [-0.4, -0.2) is 39.2 Å². The molecule has 2 aromatic heterocycles. The van der Waals surface area contributed by atoms with E-state index in [-0.39, 0.29) is 5.69 Å². The molecule has 0 spiro atoms. The summed E-state index contributed by atoms with van der Waals surface area (Å²) < 4.78 is 28.3. The molecule has 0 atom stereocenters. The molecule has 0 radical (unpaired) electrons. The zero-order valence-electron chi connectivity index (χ0n) is 14.7. The van der Waals surface area contributed by atoms with Gasteiger partial charge in [0.25, 0.3) is 6.43 Å². The molecule has 0 fully saturated rings. The molecule has 0 N–H and O–H groups in total. The highest BCUT2D eigenvalue weighted by atomic mass is 19.3. The van der Waals surface area contributed by atoms with Crippen LogP contribution >= 0.6 is 0 Å². The Labute approximate surface area is 150 Å². The van der Waals surface area contributed by atoms with Crippen molar-refractivity contribution in [1.29, 1.82) is 0 Å². The molecule has 0 aromatic carbocycles. The van der Waals surface area contributed by atoms with Gasteiger partial charge in [-0.3, -0.25) is 14.5 Å². The largest absolute Gasteiger partial charge is 0.340 e. The van der Waals surface area contributed by atoms with Crippen molar-refractivity contribution >= 4 is 17.9 Å². The average molecular weight is 361 g/mol. The van der Waals surface area contributed by atoms with E-state index in [0.717, 1.165) is 60.5 Å². The zero-order chi connectivity index (χ0) is 18.3. The number of carbonyl (C=O) groups is 1. The number of carbonyl (C=O) groups excluding carboxylic acids is 1. The number of aryl methyl sites for hydroxylation is 2. The molecule has 1 amide bonds. The maximum atomic E-state index is 13.1. The number of hydrogen-bond donors (Lipinski definition) is 0. The van der Waals surface area contributed by atoms with Gasteiger partial charge in [-0.1, -0.05) is 0 Å². The number of alkyl halides is 2. The van der Waals surface area contributed by atoms with Crippen molar-refractivity contribution in [3.8, 4) is 0 Å². The minimum absolute atomic E-state index is 0.214. The molecule has 0 bridgehead atoms. The van der Waals surface area contributed by atoms with Gasteiger partial charge >= 0.3 is 0 Å². The van der Waals surface area contributed by atoms with Gasteiger partial charge in [0.2, 0.25) is 6.41 Å². The normalized spacial score (nSPS) is 16.6. The van der Waals surface area contributed by atoms with Gasteiger partial charge in [-0.2, -0.15) is 5.10 Å².